The molecule has 0 aliphatic carbocycles. The Morgan fingerprint density at radius 1 is 1.24 bits per heavy atom. The highest BCUT2D eigenvalue weighted by molar-refractivity contribution is 5.89. The zero-order valence-corrected chi connectivity index (χ0v) is 15.0. The second-order valence-corrected chi connectivity index (χ2v) is 6.14. The molecule has 0 unspecified atom stereocenters. The molecule has 1 aromatic carbocycles. The summed E-state index contributed by atoms with van der Waals surface area (Å²) < 4.78 is 15.4. The highest BCUT2D eigenvalue weighted by Gasteiger charge is 2.21. The summed E-state index contributed by atoms with van der Waals surface area (Å²) in [5.41, 5.74) is 0.769. The summed E-state index contributed by atoms with van der Waals surface area (Å²) in [6, 6.07) is 5.30. The summed E-state index contributed by atoms with van der Waals surface area (Å²) in [6.45, 7) is 3.37. The van der Waals surface area contributed by atoms with Gasteiger partial charge in [0.1, 0.15) is 0 Å². The van der Waals surface area contributed by atoms with E-state index in [0.29, 0.717) is 17.4 Å². The molecule has 0 saturated carbocycles. The number of ether oxygens (including phenoxy) is 3. The molecule has 1 atom stereocenters. The van der Waals surface area contributed by atoms with E-state index in [1.165, 1.54) is 6.08 Å². The number of rotatable bonds is 6. The Hall–Kier alpha value is -2.50. The fraction of sp³-hybridized carbons (Fsp3) is 0.474. The summed E-state index contributed by atoms with van der Waals surface area (Å²) in [4.78, 5) is 25.6. The summed E-state index contributed by atoms with van der Waals surface area (Å²) in [5.74, 6) is 1.00. The molecule has 1 fully saturated rings. The van der Waals surface area contributed by atoms with Crippen LogP contribution in [0, 0.1) is 5.92 Å². The lowest BCUT2D eigenvalue weighted by atomic mass is 10.0. The van der Waals surface area contributed by atoms with Crippen molar-refractivity contribution in [3.63, 3.8) is 0 Å². The predicted octanol–water partition coefficient (Wildman–Crippen LogP) is 2.52. The van der Waals surface area contributed by atoms with Gasteiger partial charge in [-0.1, -0.05) is 13.0 Å². The van der Waals surface area contributed by atoms with Gasteiger partial charge in [0.2, 0.25) is 0 Å². The van der Waals surface area contributed by atoms with Crippen molar-refractivity contribution in [1.82, 2.24) is 4.90 Å². The third-order valence-electron chi connectivity index (χ3n) is 4.17. The number of esters is 1. The topological polar surface area (TPSA) is 65.1 Å². The maximum Gasteiger partial charge on any atom is 0.331 e. The average Bonchev–Trinajstić information content (AvgIpc) is 2.64. The quantitative estimate of drug-likeness (QED) is 0.584. The second-order valence-electron chi connectivity index (χ2n) is 6.14. The van der Waals surface area contributed by atoms with E-state index in [9.17, 15) is 9.59 Å². The highest BCUT2D eigenvalue weighted by atomic mass is 16.5. The molecule has 1 heterocycles. The average molecular weight is 347 g/mol. The van der Waals surface area contributed by atoms with Gasteiger partial charge in [0.15, 0.2) is 18.1 Å². The van der Waals surface area contributed by atoms with Gasteiger partial charge < -0.3 is 19.1 Å². The Labute approximate surface area is 148 Å². The third-order valence-corrected chi connectivity index (χ3v) is 4.17. The lowest BCUT2D eigenvalue weighted by Crippen LogP contribution is -2.41. The van der Waals surface area contributed by atoms with Crippen LogP contribution >= 0.6 is 0 Å². The number of carbonyl (C=O) groups excluding carboxylic acids is 2. The molecule has 0 spiro atoms. The van der Waals surface area contributed by atoms with Crippen LogP contribution in [0.1, 0.15) is 25.3 Å². The van der Waals surface area contributed by atoms with Crippen molar-refractivity contribution in [2.45, 2.75) is 19.8 Å². The van der Waals surface area contributed by atoms with Crippen LogP contribution in [0.2, 0.25) is 0 Å². The van der Waals surface area contributed by atoms with Gasteiger partial charge in [0, 0.05) is 19.2 Å². The Kier molecular flexibility index (Phi) is 6.86. The minimum atomic E-state index is -0.548. The van der Waals surface area contributed by atoms with E-state index in [2.05, 4.69) is 6.92 Å². The van der Waals surface area contributed by atoms with E-state index in [4.69, 9.17) is 14.2 Å². The fourth-order valence-electron chi connectivity index (χ4n) is 2.81. The second kappa shape index (κ2) is 9.11. The van der Waals surface area contributed by atoms with Gasteiger partial charge in [-0.05, 0) is 42.5 Å². The van der Waals surface area contributed by atoms with Crippen molar-refractivity contribution in [2.24, 2.45) is 5.92 Å². The van der Waals surface area contributed by atoms with Crippen molar-refractivity contribution in [2.75, 3.05) is 33.9 Å². The molecular formula is C19H25NO5. The van der Waals surface area contributed by atoms with Crippen molar-refractivity contribution < 1.29 is 23.8 Å². The normalized spacial score (nSPS) is 17.4. The molecule has 2 rings (SSSR count). The first-order chi connectivity index (χ1) is 12.0. The van der Waals surface area contributed by atoms with Gasteiger partial charge in [0.25, 0.3) is 5.91 Å². The first-order valence-corrected chi connectivity index (χ1v) is 8.38. The van der Waals surface area contributed by atoms with E-state index in [1.807, 2.05) is 0 Å². The van der Waals surface area contributed by atoms with Crippen molar-refractivity contribution in [3.05, 3.63) is 29.8 Å². The zero-order chi connectivity index (χ0) is 18.2. The number of piperidine rings is 1. The van der Waals surface area contributed by atoms with Crippen molar-refractivity contribution >= 4 is 18.0 Å². The van der Waals surface area contributed by atoms with E-state index in [1.54, 1.807) is 43.4 Å². The van der Waals surface area contributed by atoms with Crippen LogP contribution in [0.5, 0.6) is 11.5 Å². The van der Waals surface area contributed by atoms with Crippen LogP contribution < -0.4 is 9.47 Å². The number of nitrogens with zero attached hydrogens (tertiary/aromatic N) is 1. The molecule has 6 heteroatoms. The Balaban J connectivity index is 1.85. The van der Waals surface area contributed by atoms with Gasteiger partial charge >= 0.3 is 5.97 Å². The SMILES string of the molecule is COc1ccc(/C=C/C(=O)OCC(=O)N2CCC[C@@H](C)C2)cc1OC. The minimum absolute atomic E-state index is 0.139. The summed E-state index contributed by atoms with van der Waals surface area (Å²) >= 11 is 0. The maximum atomic E-state index is 12.1. The van der Waals surface area contributed by atoms with Crippen LogP contribution in [0.15, 0.2) is 24.3 Å². The van der Waals surface area contributed by atoms with Crippen LogP contribution in [-0.2, 0) is 14.3 Å². The van der Waals surface area contributed by atoms with Crippen LogP contribution in [0.4, 0.5) is 0 Å². The number of methoxy groups -OCH3 is 2. The minimum Gasteiger partial charge on any atom is -0.493 e. The largest absolute Gasteiger partial charge is 0.493 e. The number of hydrogen-bond donors (Lipinski definition) is 0. The number of amides is 1. The zero-order valence-electron chi connectivity index (χ0n) is 15.0. The first-order valence-electron chi connectivity index (χ1n) is 8.38. The molecule has 0 N–H and O–H groups in total. The van der Waals surface area contributed by atoms with Gasteiger partial charge in [-0.25, -0.2) is 4.79 Å². The van der Waals surface area contributed by atoms with E-state index < -0.39 is 5.97 Å². The predicted molar refractivity (Wildman–Crippen MR) is 94.5 cm³/mol. The lowest BCUT2D eigenvalue weighted by Gasteiger charge is -2.30. The molecule has 0 bridgehead atoms. The van der Waals surface area contributed by atoms with Crippen molar-refractivity contribution in [1.29, 1.82) is 0 Å². The molecule has 1 aliphatic heterocycles. The Morgan fingerprint density at radius 2 is 2.00 bits per heavy atom. The highest BCUT2D eigenvalue weighted by Crippen LogP contribution is 2.27. The molecule has 6 nitrogen and oxygen atoms in total. The number of carbonyl (C=O) groups is 2. The Morgan fingerprint density at radius 3 is 2.68 bits per heavy atom. The molecule has 1 aliphatic rings. The number of benzene rings is 1. The van der Waals surface area contributed by atoms with Crippen molar-refractivity contribution in [3.8, 4) is 11.5 Å². The standard InChI is InChI=1S/C19H25NO5/c1-14-5-4-10-20(12-14)18(21)13-25-19(22)9-7-15-6-8-16(23-2)17(11-15)24-3/h6-9,11,14H,4-5,10,12-13H2,1-3H3/b9-7+/t14-/m1/s1. The molecule has 25 heavy (non-hydrogen) atoms. The number of likely N-dealkylation sites (tertiary alicyclic amines) is 1. The van der Waals surface area contributed by atoms with E-state index in [-0.39, 0.29) is 12.5 Å². The summed E-state index contributed by atoms with van der Waals surface area (Å²) in [6.07, 6.45) is 5.04. The molecule has 0 aromatic heterocycles. The van der Waals surface area contributed by atoms with E-state index in [0.717, 1.165) is 31.5 Å². The van der Waals surface area contributed by atoms with Crippen LogP contribution in [0.25, 0.3) is 6.08 Å². The van der Waals surface area contributed by atoms with Gasteiger partial charge in [-0.2, -0.15) is 0 Å². The monoisotopic (exact) mass is 347 g/mol. The molecule has 1 amide bonds. The lowest BCUT2D eigenvalue weighted by molar-refractivity contribution is -0.149. The number of hydrogen-bond acceptors (Lipinski definition) is 5. The molecule has 1 aromatic rings. The van der Waals surface area contributed by atoms with E-state index >= 15 is 0 Å². The van der Waals surface area contributed by atoms with Crippen LogP contribution in [0.3, 0.4) is 0 Å². The molecule has 136 valence electrons. The van der Waals surface area contributed by atoms with Crippen LogP contribution in [-0.4, -0.2) is 50.7 Å². The molecule has 0 radical (unpaired) electrons. The third kappa shape index (κ3) is 5.52. The first kappa shape index (κ1) is 18.8. The smallest absolute Gasteiger partial charge is 0.331 e. The molecular weight excluding hydrogens is 322 g/mol. The Bertz CT molecular complexity index is 641. The van der Waals surface area contributed by atoms with Gasteiger partial charge in [-0.15, -0.1) is 0 Å². The maximum absolute atomic E-state index is 12.1. The summed E-state index contributed by atoms with van der Waals surface area (Å²) in [7, 11) is 3.11. The van der Waals surface area contributed by atoms with Gasteiger partial charge in [-0.3, -0.25) is 4.79 Å². The summed E-state index contributed by atoms with van der Waals surface area (Å²) in [5, 5.41) is 0. The fourth-order valence-corrected chi connectivity index (χ4v) is 2.81. The molecule has 1 saturated heterocycles. The van der Waals surface area contributed by atoms with Gasteiger partial charge in [0.05, 0.1) is 14.2 Å².